The molecule has 17 heavy (non-hydrogen) atoms. The topological polar surface area (TPSA) is 38.7 Å². The Morgan fingerprint density at radius 2 is 2.12 bits per heavy atom. The number of hydrogen-bond donors (Lipinski definition) is 1. The van der Waals surface area contributed by atoms with Gasteiger partial charge in [-0.2, -0.15) is 0 Å². The van der Waals surface area contributed by atoms with Gasteiger partial charge in [0.25, 0.3) is 0 Å². The molecule has 0 fully saturated rings. The standard InChI is InChI=1S/C14H18O3/c15-13-6-9-17-14(10-13)7-8-16-11-12-4-2-1-3-5-12/h1-6,9,13-15H,7-8,10-11H2/t13-,14-/m1/s1. The molecule has 3 nitrogen and oxygen atoms in total. The molecular weight excluding hydrogens is 216 g/mol. The van der Waals surface area contributed by atoms with Gasteiger partial charge in [-0.15, -0.1) is 0 Å². The maximum Gasteiger partial charge on any atom is 0.103 e. The molecule has 1 aliphatic heterocycles. The summed E-state index contributed by atoms with van der Waals surface area (Å²) >= 11 is 0. The fourth-order valence-corrected chi connectivity index (χ4v) is 1.82. The van der Waals surface area contributed by atoms with Crippen molar-refractivity contribution in [2.75, 3.05) is 6.61 Å². The van der Waals surface area contributed by atoms with E-state index in [1.807, 2.05) is 30.3 Å². The first-order valence-corrected chi connectivity index (χ1v) is 5.96. The Balaban J connectivity index is 1.62. The predicted octanol–water partition coefficient (Wildman–Crippen LogP) is 2.26. The molecule has 0 spiro atoms. The fourth-order valence-electron chi connectivity index (χ4n) is 1.82. The summed E-state index contributed by atoms with van der Waals surface area (Å²) in [6.45, 7) is 1.28. The number of hydrogen-bond acceptors (Lipinski definition) is 3. The second-order valence-electron chi connectivity index (χ2n) is 4.22. The van der Waals surface area contributed by atoms with E-state index in [4.69, 9.17) is 9.47 Å². The number of benzene rings is 1. The van der Waals surface area contributed by atoms with E-state index in [1.165, 1.54) is 5.56 Å². The largest absolute Gasteiger partial charge is 0.498 e. The van der Waals surface area contributed by atoms with Crippen LogP contribution in [-0.4, -0.2) is 23.9 Å². The Morgan fingerprint density at radius 1 is 1.29 bits per heavy atom. The molecule has 0 aromatic heterocycles. The third-order valence-electron chi connectivity index (χ3n) is 2.77. The van der Waals surface area contributed by atoms with Crippen molar-refractivity contribution in [1.82, 2.24) is 0 Å². The third-order valence-corrected chi connectivity index (χ3v) is 2.77. The molecule has 0 radical (unpaired) electrons. The fraction of sp³-hybridized carbons (Fsp3) is 0.429. The molecule has 92 valence electrons. The van der Waals surface area contributed by atoms with Crippen LogP contribution < -0.4 is 0 Å². The van der Waals surface area contributed by atoms with E-state index in [9.17, 15) is 5.11 Å². The zero-order chi connectivity index (χ0) is 11.9. The average Bonchev–Trinajstić information content (AvgIpc) is 2.36. The van der Waals surface area contributed by atoms with E-state index in [-0.39, 0.29) is 12.2 Å². The smallest absolute Gasteiger partial charge is 0.103 e. The summed E-state index contributed by atoms with van der Waals surface area (Å²) < 4.78 is 11.0. The monoisotopic (exact) mass is 234 g/mol. The van der Waals surface area contributed by atoms with Crippen LogP contribution in [0.5, 0.6) is 0 Å². The molecule has 2 atom stereocenters. The second kappa shape index (κ2) is 6.42. The highest BCUT2D eigenvalue weighted by atomic mass is 16.5. The minimum Gasteiger partial charge on any atom is -0.498 e. The second-order valence-corrected chi connectivity index (χ2v) is 4.22. The van der Waals surface area contributed by atoms with Crippen molar-refractivity contribution in [2.45, 2.75) is 31.7 Å². The van der Waals surface area contributed by atoms with Crippen molar-refractivity contribution in [2.24, 2.45) is 0 Å². The van der Waals surface area contributed by atoms with Crippen LogP contribution in [-0.2, 0) is 16.1 Å². The molecular formula is C14H18O3. The maximum absolute atomic E-state index is 9.41. The van der Waals surface area contributed by atoms with E-state index < -0.39 is 0 Å². The Hall–Kier alpha value is -1.32. The van der Waals surface area contributed by atoms with Crippen LogP contribution in [0, 0.1) is 0 Å². The summed E-state index contributed by atoms with van der Waals surface area (Å²) in [6.07, 6.45) is 4.42. The molecule has 0 aliphatic carbocycles. The van der Waals surface area contributed by atoms with Crippen LogP contribution >= 0.6 is 0 Å². The van der Waals surface area contributed by atoms with Crippen molar-refractivity contribution in [3.05, 3.63) is 48.2 Å². The highest BCUT2D eigenvalue weighted by Gasteiger charge is 2.16. The molecule has 1 aromatic rings. The van der Waals surface area contributed by atoms with E-state index in [2.05, 4.69) is 0 Å². The van der Waals surface area contributed by atoms with E-state index >= 15 is 0 Å². The molecule has 0 bridgehead atoms. The van der Waals surface area contributed by atoms with Crippen LogP contribution in [0.25, 0.3) is 0 Å². The summed E-state index contributed by atoms with van der Waals surface area (Å²) in [6, 6.07) is 10.1. The van der Waals surface area contributed by atoms with Gasteiger partial charge < -0.3 is 14.6 Å². The summed E-state index contributed by atoms with van der Waals surface area (Å²) in [5, 5.41) is 9.41. The van der Waals surface area contributed by atoms with Gasteiger partial charge in [0.1, 0.15) is 6.10 Å². The Morgan fingerprint density at radius 3 is 2.88 bits per heavy atom. The number of aliphatic hydroxyl groups is 1. The lowest BCUT2D eigenvalue weighted by Gasteiger charge is -2.22. The first-order chi connectivity index (χ1) is 8.34. The summed E-state index contributed by atoms with van der Waals surface area (Å²) in [5.74, 6) is 0. The van der Waals surface area contributed by atoms with Gasteiger partial charge in [0, 0.05) is 12.8 Å². The minimum absolute atomic E-state index is 0.0748. The van der Waals surface area contributed by atoms with Gasteiger partial charge in [-0.3, -0.25) is 0 Å². The molecule has 0 unspecified atom stereocenters. The normalized spacial score (nSPS) is 23.4. The van der Waals surface area contributed by atoms with Gasteiger partial charge in [0.05, 0.1) is 25.6 Å². The van der Waals surface area contributed by atoms with Crippen molar-refractivity contribution in [3.63, 3.8) is 0 Å². The molecule has 0 saturated carbocycles. The van der Waals surface area contributed by atoms with Crippen LogP contribution in [0.4, 0.5) is 0 Å². The molecule has 1 aromatic carbocycles. The van der Waals surface area contributed by atoms with Gasteiger partial charge in [-0.05, 0) is 11.6 Å². The molecule has 2 rings (SSSR count). The van der Waals surface area contributed by atoms with Crippen molar-refractivity contribution >= 4 is 0 Å². The van der Waals surface area contributed by atoms with Gasteiger partial charge in [-0.1, -0.05) is 30.3 Å². The van der Waals surface area contributed by atoms with Gasteiger partial charge >= 0.3 is 0 Å². The van der Waals surface area contributed by atoms with Crippen LogP contribution in [0.15, 0.2) is 42.7 Å². The first-order valence-electron chi connectivity index (χ1n) is 5.96. The lowest BCUT2D eigenvalue weighted by atomic mass is 10.1. The molecule has 3 heteroatoms. The average molecular weight is 234 g/mol. The van der Waals surface area contributed by atoms with Gasteiger partial charge in [-0.25, -0.2) is 0 Å². The molecule has 1 aliphatic rings. The SMILES string of the molecule is O[C@@H]1C=CO[C@H](CCOCc2ccccc2)C1. The van der Waals surface area contributed by atoms with Crippen LogP contribution in [0.2, 0.25) is 0 Å². The third kappa shape index (κ3) is 4.21. The van der Waals surface area contributed by atoms with Gasteiger partial charge in [0.15, 0.2) is 0 Å². The number of ether oxygens (including phenoxy) is 2. The van der Waals surface area contributed by atoms with Crippen LogP contribution in [0.3, 0.4) is 0 Å². The van der Waals surface area contributed by atoms with Crippen LogP contribution in [0.1, 0.15) is 18.4 Å². The molecule has 1 heterocycles. The zero-order valence-electron chi connectivity index (χ0n) is 9.79. The summed E-state index contributed by atoms with van der Waals surface area (Å²) in [7, 11) is 0. The molecule has 0 saturated heterocycles. The van der Waals surface area contributed by atoms with E-state index in [1.54, 1.807) is 12.3 Å². The van der Waals surface area contributed by atoms with Crippen molar-refractivity contribution in [1.29, 1.82) is 0 Å². The van der Waals surface area contributed by atoms with Crippen molar-refractivity contribution < 1.29 is 14.6 Å². The Labute approximate surface area is 102 Å². The quantitative estimate of drug-likeness (QED) is 0.794. The summed E-state index contributed by atoms with van der Waals surface area (Å²) in [4.78, 5) is 0. The highest BCUT2D eigenvalue weighted by molar-refractivity contribution is 5.13. The predicted molar refractivity (Wildman–Crippen MR) is 65.4 cm³/mol. The van der Waals surface area contributed by atoms with Gasteiger partial charge in [0.2, 0.25) is 0 Å². The maximum atomic E-state index is 9.41. The van der Waals surface area contributed by atoms with Crippen molar-refractivity contribution in [3.8, 4) is 0 Å². The molecule has 1 N–H and O–H groups in total. The number of aliphatic hydroxyl groups excluding tert-OH is 1. The van der Waals surface area contributed by atoms with E-state index in [0.29, 0.717) is 19.6 Å². The van der Waals surface area contributed by atoms with E-state index in [0.717, 1.165) is 6.42 Å². The minimum atomic E-state index is -0.372. The highest BCUT2D eigenvalue weighted by Crippen LogP contribution is 2.14. The lowest BCUT2D eigenvalue weighted by molar-refractivity contribution is 0.0285. The Kier molecular flexibility index (Phi) is 4.59. The molecule has 0 amide bonds. The number of rotatable bonds is 5. The lowest BCUT2D eigenvalue weighted by Crippen LogP contribution is -2.23. The zero-order valence-corrected chi connectivity index (χ0v) is 9.79. The first kappa shape index (κ1) is 12.1. The summed E-state index contributed by atoms with van der Waals surface area (Å²) in [5.41, 5.74) is 1.18. The Bertz CT molecular complexity index is 348.